The number of hydrogen-bond donors (Lipinski definition) is 1. The van der Waals surface area contributed by atoms with E-state index < -0.39 is 5.97 Å². The van der Waals surface area contributed by atoms with E-state index in [-0.39, 0.29) is 5.75 Å². The number of thioether (sulfide) groups is 1. The maximum Gasteiger partial charge on any atom is 0.313 e. The lowest BCUT2D eigenvalue weighted by molar-refractivity contribution is -0.133. The number of aliphatic carboxylic acids is 1. The summed E-state index contributed by atoms with van der Waals surface area (Å²) in [5, 5.41) is 17.6. The molecule has 0 radical (unpaired) electrons. The first-order valence-corrected chi connectivity index (χ1v) is 6.86. The molecule has 0 fully saturated rings. The van der Waals surface area contributed by atoms with E-state index in [4.69, 9.17) is 5.11 Å². The fraction of sp³-hybridized carbons (Fsp3) is 0.455. The lowest BCUT2D eigenvalue weighted by Gasteiger charge is -2.08. The second-order valence-corrected chi connectivity index (χ2v) is 4.97. The molecular weight excluding hydrogens is 266 g/mol. The molecule has 2 heterocycles. The quantitative estimate of drug-likeness (QED) is 0.802. The summed E-state index contributed by atoms with van der Waals surface area (Å²) in [5.74, 6) is -0.166. The minimum Gasteiger partial charge on any atom is -0.481 e. The van der Waals surface area contributed by atoms with Gasteiger partial charge in [-0.05, 0) is 6.42 Å². The van der Waals surface area contributed by atoms with E-state index >= 15 is 0 Å². The molecule has 1 N–H and O–H groups in total. The van der Waals surface area contributed by atoms with Gasteiger partial charge in [-0.25, -0.2) is 4.98 Å². The molecule has 102 valence electrons. The van der Waals surface area contributed by atoms with Crippen LogP contribution >= 0.6 is 11.8 Å². The normalized spacial score (nSPS) is 10.8. The summed E-state index contributed by atoms with van der Waals surface area (Å²) < 4.78 is 3.80. The number of rotatable bonds is 6. The third-order valence-corrected chi connectivity index (χ3v) is 3.49. The third-order valence-electron chi connectivity index (χ3n) is 2.53. The van der Waals surface area contributed by atoms with Crippen LogP contribution in [0.3, 0.4) is 0 Å². The average Bonchev–Trinajstić information content (AvgIpc) is 2.94. The van der Waals surface area contributed by atoms with Crippen molar-refractivity contribution in [2.24, 2.45) is 7.05 Å². The molecule has 0 amide bonds. The molecule has 19 heavy (non-hydrogen) atoms. The zero-order chi connectivity index (χ0) is 13.8. The first-order chi connectivity index (χ1) is 9.13. The van der Waals surface area contributed by atoms with Crippen LogP contribution in [-0.2, 0) is 18.4 Å². The fourth-order valence-electron chi connectivity index (χ4n) is 1.71. The highest BCUT2D eigenvalue weighted by molar-refractivity contribution is 7.99. The Balaban J connectivity index is 2.34. The van der Waals surface area contributed by atoms with E-state index in [9.17, 15) is 4.79 Å². The largest absolute Gasteiger partial charge is 0.481 e. The smallest absolute Gasteiger partial charge is 0.313 e. The highest BCUT2D eigenvalue weighted by Crippen LogP contribution is 2.23. The Morgan fingerprint density at radius 2 is 2.26 bits per heavy atom. The first-order valence-electron chi connectivity index (χ1n) is 5.88. The van der Waals surface area contributed by atoms with Gasteiger partial charge in [0, 0.05) is 13.6 Å². The van der Waals surface area contributed by atoms with Gasteiger partial charge in [0.1, 0.15) is 5.69 Å². The van der Waals surface area contributed by atoms with Gasteiger partial charge in [0.25, 0.3) is 0 Å². The monoisotopic (exact) mass is 281 g/mol. The maximum absolute atomic E-state index is 10.6. The van der Waals surface area contributed by atoms with Crippen molar-refractivity contribution >= 4 is 17.7 Å². The van der Waals surface area contributed by atoms with E-state index in [0.717, 1.165) is 24.5 Å². The minimum absolute atomic E-state index is 0.0206. The van der Waals surface area contributed by atoms with Gasteiger partial charge >= 0.3 is 5.97 Å². The Hall–Kier alpha value is -1.83. The van der Waals surface area contributed by atoms with Gasteiger partial charge < -0.3 is 14.2 Å². The van der Waals surface area contributed by atoms with Gasteiger partial charge in [-0.3, -0.25) is 4.79 Å². The van der Waals surface area contributed by atoms with Crippen LogP contribution in [0.5, 0.6) is 0 Å². The summed E-state index contributed by atoms with van der Waals surface area (Å²) >= 11 is 1.18. The van der Waals surface area contributed by atoms with Crippen molar-refractivity contribution in [3.63, 3.8) is 0 Å². The molecule has 0 bridgehead atoms. The standard InChI is InChI=1S/C11H15N5O2S/c1-3-4-16-10(8-5-12-7-15(8)2)13-14-11(16)19-6-9(17)18/h5,7H,3-4,6H2,1-2H3,(H,17,18). The SMILES string of the molecule is CCCn1c(SCC(=O)O)nnc1-c1cncn1C. The number of hydrogen-bond acceptors (Lipinski definition) is 5. The van der Waals surface area contributed by atoms with E-state index in [1.165, 1.54) is 11.8 Å². The number of aromatic nitrogens is 5. The van der Waals surface area contributed by atoms with Crippen LogP contribution in [0.4, 0.5) is 0 Å². The Morgan fingerprint density at radius 1 is 1.47 bits per heavy atom. The topological polar surface area (TPSA) is 85.8 Å². The molecule has 8 heteroatoms. The number of nitrogens with zero attached hydrogens (tertiary/aromatic N) is 5. The molecule has 0 unspecified atom stereocenters. The lowest BCUT2D eigenvalue weighted by atomic mass is 10.4. The van der Waals surface area contributed by atoms with Crippen LogP contribution in [0.15, 0.2) is 17.7 Å². The highest BCUT2D eigenvalue weighted by atomic mass is 32.2. The van der Waals surface area contributed by atoms with Gasteiger partial charge in [0.2, 0.25) is 0 Å². The zero-order valence-electron chi connectivity index (χ0n) is 10.8. The predicted octanol–water partition coefficient (Wildman–Crippen LogP) is 1.27. The van der Waals surface area contributed by atoms with Crippen molar-refractivity contribution in [1.82, 2.24) is 24.3 Å². The molecule has 7 nitrogen and oxygen atoms in total. The summed E-state index contributed by atoms with van der Waals surface area (Å²) in [6.45, 7) is 2.80. The lowest BCUT2D eigenvalue weighted by Crippen LogP contribution is -2.05. The molecule has 0 atom stereocenters. The number of imidazole rings is 1. The second-order valence-electron chi connectivity index (χ2n) is 4.03. The van der Waals surface area contributed by atoms with E-state index in [1.54, 1.807) is 12.5 Å². The Morgan fingerprint density at radius 3 is 2.84 bits per heavy atom. The number of carboxylic acid groups (broad SMARTS) is 1. The van der Waals surface area contributed by atoms with Crippen molar-refractivity contribution in [3.05, 3.63) is 12.5 Å². The molecule has 2 aromatic heterocycles. The van der Waals surface area contributed by atoms with Crippen molar-refractivity contribution in [2.75, 3.05) is 5.75 Å². The number of aryl methyl sites for hydroxylation is 1. The summed E-state index contributed by atoms with van der Waals surface area (Å²) in [6.07, 6.45) is 4.34. The highest BCUT2D eigenvalue weighted by Gasteiger charge is 2.16. The number of carboxylic acids is 1. The predicted molar refractivity (Wildman–Crippen MR) is 70.9 cm³/mol. The molecule has 0 spiro atoms. The summed E-state index contributed by atoms with van der Waals surface area (Å²) in [6, 6.07) is 0. The van der Waals surface area contributed by atoms with Crippen molar-refractivity contribution < 1.29 is 9.90 Å². The van der Waals surface area contributed by atoms with Gasteiger partial charge in [-0.2, -0.15) is 0 Å². The Bertz CT molecular complexity index is 577. The van der Waals surface area contributed by atoms with Crippen LogP contribution in [0.2, 0.25) is 0 Å². The molecular formula is C11H15N5O2S. The number of carbonyl (C=O) groups is 1. The van der Waals surface area contributed by atoms with Crippen LogP contribution < -0.4 is 0 Å². The molecule has 0 saturated heterocycles. The molecule has 0 saturated carbocycles. The molecule has 0 aliphatic heterocycles. The van der Waals surface area contributed by atoms with Crippen molar-refractivity contribution in [3.8, 4) is 11.5 Å². The minimum atomic E-state index is -0.863. The van der Waals surface area contributed by atoms with Crippen LogP contribution in [0.1, 0.15) is 13.3 Å². The fourth-order valence-corrected chi connectivity index (χ4v) is 2.39. The summed E-state index contributed by atoms with van der Waals surface area (Å²) in [7, 11) is 1.89. The average molecular weight is 281 g/mol. The molecule has 0 aromatic carbocycles. The molecule has 0 aliphatic rings. The summed E-state index contributed by atoms with van der Waals surface area (Å²) in [4.78, 5) is 14.7. The van der Waals surface area contributed by atoms with Crippen LogP contribution in [0.25, 0.3) is 11.5 Å². The Labute approximate surface area is 114 Å². The zero-order valence-corrected chi connectivity index (χ0v) is 11.6. The van der Waals surface area contributed by atoms with Crippen LogP contribution in [-0.4, -0.2) is 41.1 Å². The third kappa shape index (κ3) is 2.95. The van der Waals surface area contributed by atoms with Crippen molar-refractivity contribution in [1.29, 1.82) is 0 Å². The van der Waals surface area contributed by atoms with Crippen LogP contribution in [0, 0.1) is 0 Å². The first kappa shape index (κ1) is 13.6. The molecule has 2 aromatic rings. The van der Waals surface area contributed by atoms with Gasteiger partial charge in [0.05, 0.1) is 18.3 Å². The second kappa shape index (κ2) is 5.87. The molecule has 0 aliphatic carbocycles. The van der Waals surface area contributed by atoms with E-state index in [2.05, 4.69) is 22.1 Å². The van der Waals surface area contributed by atoms with Gasteiger partial charge in [-0.1, -0.05) is 18.7 Å². The molecule has 2 rings (SSSR count). The van der Waals surface area contributed by atoms with E-state index in [0.29, 0.717) is 5.16 Å². The summed E-state index contributed by atoms with van der Waals surface area (Å²) in [5.41, 5.74) is 0.864. The van der Waals surface area contributed by atoms with Gasteiger partial charge in [-0.15, -0.1) is 10.2 Å². The maximum atomic E-state index is 10.6. The Kier molecular flexibility index (Phi) is 4.20. The van der Waals surface area contributed by atoms with E-state index in [1.807, 2.05) is 16.2 Å². The van der Waals surface area contributed by atoms with Gasteiger partial charge in [0.15, 0.2) is 11.0 Å². The van der Waals surface area contributed by atoms with Crippen molar-refractivity contribution in [2.45, 2.75) is 25.0 Å².